The van der Waals surface area contributed by atoms with Crippen molar-refractivity contribution in [1.82, 2.24) is 0 Å². The van der Waals surface area contributed by atoms with Crippen molar-refractivity contribution >= 4 is 29.1 Å². The fourth-order valence-electron chi connectivity index (χ4n) is 1.12. The van der Waals surface area contributed by atoms with Gasteiger partial charge in [-0.1, -0.05) is 6.07 Å². The first-order valence-corrected chi connectivity index (χ1v) is 5.65. The Bertz CT molecular complexity index is 433. The highest BCUT2D eigenvalue weighted by Crippen LogP contribution is 2.39. The number of carbonyl (C=O) groups excluding carboxylic acids is 1. The molecule has 0 aromatic heterocycles. The zero-order valence-electron chi connectivity index (χ0n) is 8.52. The van der Waals surface area contributed by atoms with E-state index >= 15 is 0 Å². The normalized spacial score (nSPS) is 13.5. The van der Waals surface area contributed by atoms with Crippen LogP contribution in [0.15, 0.2) is 23.1 Å². The summed E-state index contributed by atoms with van der Waals surface area (Å²) >= 11 is 5.10. The molecular formula is C10H7ClF4OS. The molecule has 0 heterocycles. The van der Waals surface area contributed by atoms with Crippen LogP contribution in [0.5, 0.6) is 0 Å². The van der Waals surface area contributed by atoms with Crippen LogP contribution in [0.4, 0.5) is 17.6 Å². The Hall–Kier alpha value is -0.750. The molecule has 0 radical (unpaired) electrons. The second-order valence-corrected chi connectivity index (χ2v) is 4.75. The van der Waals surface area contributed by atoms with E-state index in [-0.39, 0.29) is 5.56 Å². The first-order valence-electron chi connectivity index (χ1n) is 4.40. The number of hydrogen-bond acceptors (Lipinski definition) is 2. The summed E-state index contributed by atoms with van der Waals surface area (Å²) in [5, 5.41) is -1.07. The molecule has 1 unspecified atom stereocenters. The number of benzene rings is 1. The van der Waals surface area contributed by atoms with Crippen molar-refractivity contribution in [2.24, 2.45) is 0 Å². The number of thioether (sulfide) groups is 1. The molecule has 94 valence electrons. The second kappa shape index (κ2) is 5.27. The minimum Gasteiger partial charge on any atom is -0.298 e. The van der Waals surface area contributed by atoms with Gasteiger partial charge in [0, 0.05) is 0 Å². The van der Waals surface area contributed by atoms with Gasteiger partial charge < -0.3 is 0 Å². The van der Waals surface area contributed by atoms with E-state index in [1.54, 1.807) is 0 Å². The van der Waals surface area contributed by atoms with Crippen LogP contribution < -0.4 is 0 Å². The predicted molar refractivity (Wildman–Crippen MR) is 57.6 cm³/mol. The Labute approximate surface area is 104 Å². The van der Waals surface area contributed by atoms with Crippen LogP contribution in [0.1, 0.15) is 17.9 Å². The average Bonchev–Trinajstić information content (AvgIpc) is 2.18. The number of carbonyl (C=O) groups is 1. The summed E-state index contributed by atoms with van der Waals surface area (Å²) in [7, 11) is 0. The molecule has 1 aromatic carbocycles. The van der Waals surface area contributed by atoms with Crippen molar-refractivity contribution in [3.63, 3.8) is 0 Å². The first-order chi connectivity index (χ1) is 7.70. The van der Waals surface area contributed by atoms with Gasteiger partial charge in [-0.05, 0) is 36.4 Å². The standard InChI is InChI=1S/C10H7ClF4OS/c1-5(16)9(11)6-2-3-7(12)8(4-6)17-10(13,14)15/h2-4,9H,1H3. The smallest absolute Gasteiger partial charge is 0.298 e. The van der Waals surface area contributed by atoms with E-state index in [1.807, 2.05) is 0 Å². The minimum atomic E-state index is -4.59. The molecule has 1 atom stereocenters. The summed E-state index contributed by atoms with van der Waals surface area (Å²) in [4.78, 5) is 10.4. The predicted octanol–water partition coefficient (Wildman–Crippen LogP) is 4.31. The number of alkyl halides is 4. The molecule has 7 heteroatoms. The van der Waals surface area contributed by atoms with E-state index in [0.29, 0.717) is 0 Å². The molecule has 1 rings (SSSR count). The number of hydrogen-bond donors (Lipinski definition) is 0. The number of Topliss-reactive ketones (excluding diaryl/α,β-unsaturated/α-hetero) is 1. The summed E-state index contributed by atoms with van der Waals surface area (Å²) in [6.07, 6.45) is 0. The zero-order valence-corrected chi connectivity index (χ0v) is 10.1. The number of halogens is 5. The molecule has 17 heavy (non-hydrogen) atoms. The molecule has 0 saturated carbocycles. The van der Waals surface area contributed by atoms with Crippen molar-refractivity contribution in [3.8, 4) is 0 Å². The third-order valence-electron chi connectivity index (χ3n) is 1.83. The SMILES string of the molecule is CC(=O)C(Cl)c1ccc(F)c(SC(F)(F)F)c1. The molecule has 0 aliphatic carbocycles. The molecule has 0 saturated heterocycles. The second-order valence-electron chi connectivity index (χ2n) is 3.21. The number of ketones is 1. The van der Waals surface area contributed by atoms with Crippen LogP contribution in [-0.2, 0) is 4.79 Å². The van der Waals surface area contributed by atoms with E-state index in [4.69, 9.17) is 11.6 Å². The third kappa shape index (κ3) is 4.20. The lowest BCUT2D eigenvalue weighted by molar-refractivity contribution is -0.116. The molecule has 0 amide bonds. The third-order valence-corrected chi connectivity index (χ3v) is 3.15. The first kappa shape index (κ1) is 14.3. The lowest BCUT2D eigenvalue weighted by Gasteiger charge is -2.10. The van der Waals surface area contributed by atoms with Crippen LogP contribution in [0.3, 0.4) is 0 Å². The fourth-order valence-corrected chi connectivity index (χ4v) is 1.86. The fraction of sp³-hybridized carbons (Fsp3) is 0.300. The van der Waals surface area contributed by atoms with E-state index in [2.05, 4.69) is 0 Å². The van der Waals surface area contributed by atoms with Gasteiger partial charge in [0.15, 0.2) is 5.78 Å². The summed E-state index contributed by atoms with van der Waals surface area (Å²) in [5.41, 5.74) is -4.44. The molecule has 0 fully saturated rings. The van der Waals surface area contributed by atoms with Gasteiger partial charge in [-0.2, -0.15) is 13.2 Å². The van der Waals surface area contributed by atoms with Crippen LogP contribution in [0.25, 0.3) is 0 Å². The molecule has 1 nitrogen and oxygen atoms in total. The number of rotatable bonds is 3. The Balaban J connectivity index is 3.06. The highest BCUT2D eigenvalue weighted by molar-refractivity contribution is 8.00. The summed E-state index contributed by atoms with van der Waals surface area (Å²) in [5.74, 6) is -1.41. The topological polar surface area (TPSA) is 17.1 Å². The molecule has 0 aliphatic heterocycles. The Kier molecular flexibility index (Phi) is 4.43. The molecular weight excluding hydrogens is 280 g/mol. The molecule has 0 bridgehead atoms. The van der Waals surface area contributed by atoms with E-state index in [9.17, 15) is 22.4 Å². The monoisotopic (exact) mass is 286 g/mol. The Morgan fingerprint density at radius 3 is 2.47 bits per heavy atom. The van der Waals surface area contributed by atoms with Crippen molar-refractivity contribution < 1.29 is 22.4 Å². The van der Waals surface area contributed by atoms with Gasteiger partial charge in [0.05, 0.1) is 4.90 Å². The van der Waals surface area contributed by atoms with E-state index in [1.165, 1.54) is 13.0 Å². The molecule has 1 aromatic rings. The van der Waals surface area contributed by atoms with Gasteiger partial charge in [-0.25, -0.2) is 4.39 Å². The average molecular weight is 287 g/mol. The maximum Gasteiger partial charge on any atom is 0.446 e. The van der Waals surface area contributed by atoms with Gasteiger partial charge in [0.2, 0.25) is 0 Å². The van der Waals surface area contributed by atoms with Crippen LogP contribution in [0, 0.1) is 5.82 Å². The largest absolute Gasteiger partial charge is 0.446 e. The summed E-state index contributed by atoms with van der Waals surface area (Å²) in [6.45, 7) is 1.21. The van der Waals surface area contributed by atoms with Gasteiger partial charge in [-0.15, -0.1) is 11.6 Å². The van der Waals surface area contributed by atoms with Crippen molar-refractivity contribution in [2.75, 3.05) is 0 Å². The van der Waals surface area contributed by atoms with Gasteiger partial charge in [0.1, 0.15) is 11.2 Å². The van der Waals surface area contributed by atoms with E-state index < -0.39 is 39.1 Å². The highest BCUT2D eigenvalue weighted by Gasteiger charge is 2.31. The van der Waals surface area contributed by atoms with E-state index in [0.717, 1.165) is 12.1 Å². The van der Waals surface area contributed by atoms with Crippen molar-refractivity contribution in [3.05, 3.63) is 29.6 Å². The van der Waals surface area contributed by atoms with Crippen molar-refractivity contribution in [2.45, 2.75) is 22.7 Å². The molecule has 0 aliphatic rings. The quantitative estimate of drug-likeness (QED) is 0.468. The van der Waals surface area contributed by atoms with Crippen LogP contribution >= 0.6 is 23.4 Å². The summed E-state index contributed by atoms with van der Waals surface area (Å²) in [6, 6.07) is 2.99. The van der Waals surface area contributed by atoms with Gasteiger partial charge >= 0.3 is 5.51 Å². The molecule has 0 spiro atoms. The lowest BCUT2D eigenvalue weighted by atomic mass is 10.1. The van der Waals surface area contributed by atoms with Crippen molar-refractivity contribution in [1.29, 1.82) is 0 Å². The minimum absolute atomic E-state index is 0.146. The lowest BCUT2D eigenvalue weighted by Crippen LogP contribution is -2.04. The van der Waals surface area contributed by atoms with Gasteiger partial charge in [-0.3, -0.25) is 4.79 Å². The maximum absolute atomic E-state index is 13.1. The Morgan fingerprint density at radius 1 is 1.41 bits per heavy atom. The van der Waals surface area contributed by atoms with Crippen LogP contribution in [0.2, 0.25) is 0 Å². The zero-order chi connectivity index (χ0) is 13.2. The molecule has 0 N–H and O–H groups in total. The maximum atomic E-state index is 13.1. The van der Waals surface area contributed by atoms with Gasteiger partial charge in [0.25, 0.3) is 0 Å². The summed E-state index contributed by atoms with van der Waals surface area (Å²) < 4.78 is 49.4. The van der Waals surface area contributed by atoms with Crippen LogP contribution in [-0.4, -0.2) is 11.3 Å². The Morgan fingerprint density at radius 2 is 2.00 bits per heavy atom. The highest BCUT2D eigenvalue weighted by atomic mass is 35.5.